The molecule has 0 saturated heterocycles. The summed E-state index contributed by atoms with van der Waals surface area (Å²) in [6.07, 6.45) is 0.860. The zero-order valence-electron chi connectivity index (χ0n) is 10.4. The molecule has 0 amide bonds. The van der Waals surface area contributed by atoms with Crippen LogP contribution < -0.4 is 10.6 Å². The summed E-state index contributed by atoms with van der Waals surface area (Å²) in [6.45, 7) is 2.10. The van der Waals surface area contributed by atoms with Crippen molar-refractivity contribution in [3.8, 4) is 0 Å². The molecule has 0 bridgehead atoms. The number of thiazole rings is 1. The standard InChI is InChI=1S/C13H17N3S/c1-9-5-4-6-10(7-9)8-11-12(14)15-13(17-11)16(2)3/h4-7H,8,14H2,1-3H3. The molecule has 0 saturated carbocycles. The van der Waals surface area contributed by atoms with Crippen molar-refractivity contribution in [1.82, 2.24) is 4.98 Å². The molecule has 0 aliphatic rings. The van der Waals surface area contributed by atoms with Crippen LogP contribution in [0.2, 0.25) is 0 Å². The van der Waals surface area contributed by atoms with Crippen LogP contribution in [-0.4, -0.2) is 19.1 Å². The third-order valence-corrected chi connectivity index (χ3v) is 3.78. The highest BCUT2D eigenvalue weighted by molar-refractivity contribution is 7.16. The van der Waals surface area contributed by atoms with Crippen molar-refractivity contribution in [2.75, 3.05) is 24.7 Å². The summed E-state index contributed by atoms with van der Waals surface area (Å²) in [5.41, 5.74) is 8.50. The predicted octanol–water partition coefficient (Wildman–Crippen LogP) is 2.69. The molecule has 0 fully saturated rings. The predicted molar refractivity (Wildman–Crippen MR) is 74.8 cm³/mol. The fourth-order valence-corrected chi connectivity index (χ4v) is 2.61. The summed E-state index contributed by atoms with van der Waals surface area (Å²) in [4.78, 5) is 7.48. The summed E-state index contributed by atoms with van der Waals surface area (Å²) >= 11 is 1.66. The first-order valence-electron chi connectivity index (χ1n) is 5.54. The number of benzene rings is 1. The fourth-order valence-electron chi connectivity index (χ4n) is 1.68. The second-order valence-corrected chi connectivity index (χ2v) is 5.43. The molecule has 17 heavy (non-hydrogen) atoms. The van der Waals surface area contributed by atoms with Crippen molar-refractivity contribution in [2.24, 2.45) is 0 Å². The molecule has 2 aromatic rings. The maximum absolute atomic E-state index is 5.94. The minimum Gasteiger partial charge on any atom is -0.383 e. The number of nitrogen functional groups attached to an aromatic ring is 1. The van der Waals surface area contributed by atoms with E-state index in [0.717, 1.165) is 16.4 Å². The van der Waals surface area contributed by atoms with E-state index in [9.17, 15) is 0 Å². The molecule has 0 spiro atoms. The van der Waals surface area contributed by atoms with Crippen LogP contribution in [0.4, 0.5) is 10.9 Å². The number of nitrogens with two attached hydrogens (primary N) is 1. The molecule has 0 aliphatic heterocycles. The number of aryl methyl sites for hydroxylation is 1. The molecule has 0 aliphatic carbocycles. The third kappa shape index (κ3) is 2.77. The van der Waals surface area contributed by atoms with Gasteiger partial charge < -0.3 is 10.6 Å². The monoisotopic (exact) mass is 247 g/mol. The van der Waals surface area contributed by atoms with E-state index in [1.807, 2.05) is 19.0 Å². The minimum absolute atomic E-state index is 0.653. The lowest BCUT2D eigenvalue weighted by Crippen LogP contribution is -2.07. The van der Waals surface area contributed by atoms with Crippen LogP contribution in [0.1, 0.15) is 16.0 Å². The maximum atomic E-state index is 5.94. The second kappa shape index (κ2) is 4.75. The highest BCUT2D eigenvalue weighted by Crippen LogP contribution is 2.28. The first-order chi connectivity index (χ1) is 8.06. The zero-order chi connectivity index (χ0) is 12.4. The van der Waals surface area contributed by atoms with Gasteiger partial charge >= 0.3 is 0 Å². The van der Waals surface area contributed by atoms with Gasteiger partial charge in [-0.25, -0.2) is 4.98 Å². The van der Waals surface area contributed by atoms with Crippen LogP contribution in [0, 0.1) is 6.92 Å². The van der Waals surface area contributed by atoms with E-state index in [1.165, 1.54) is 11.1 Å². The lowest BCUT2D eigenvalue weighted by molar-refractivity contribution is 1.10. The van der Waals surface area contributed by atoms with E-state index in [2.05, 4.69) is 36.2 Å². The normalized spacial score (nSPS) is 10.5. The van der Waals surface area contributed by atoms with Gasteiger partial charge in [-0.05, 0) is 12.5 Å². The van der Waals surface area contributed by atoms with Gasteiger partial charge in [-0.1, -0.05) is 41.2 Å². The molecular formula is C13H17N3S. The molecule has 4 heteroatoms. The SMILES string of the molecule is Cc1cccc(Cc2sc(N(C)C)nc2N)c1. The van der Waals surface area contributed by atoms with E-state index in [0.29, 0.717) is 5.82 Å². The Hall–Kier alpha value is -1.55. The Labute approximate surface area is 106 Å². The third-order valence-electron chi connectivity index (χ3n) is 2.55. The minimum atomic E-state index is 0.653. The van der Waals surface area contributed by atoms with Crippen molar-refractivity contribution in [3.63, 3.8) is 0 Å². The molecule has 1 heterocycles. The molecule has 1 aromatic heterocycles. The van der Waals surface area contributed by atoms with Gasteiger partial charge in [0.15, 0.2) is 5.13 Å². The highest BCUT2D eigenvalue weighted by Gasteiger charge is 2.10. The number of hydrogen-bond acceptors (Lipinski definition) is 4. The Bertz CT molecular complexity index is 517. The van der Waals surface area contributed by atoms with Crippen LogP contribution in [0.3, 0.4) is 0 Å². The Morgan fingerprint density at radius 3 is 2.71 bits per heavy atom. The summed E-state index contributed by atoms with van der Waals surface area (Å²) in [5, 5.41) is 0.963. The van der Waals surface area contributed by atoms with Crippen molar-refractivity contribution in [1.29, 1.82) is 0 Å². The van der Waals surface area contributed by atoms with E-state index in [1.54, 1.807) is 11.3 Å². The highest BCUT2D eigenvalue weighted by atomic mass is 32.1. The lowest BCUT2D eigenvalue weighted by atomic mass is 10.1. The molecule has 0 atom stereocenters. The smallest absolute Gasteiger partial charge is 0.187 e. The molecule has 90 valence electrons. The zero-order valence-corrected chi connectivity index (χ0v) is 11.2. The van der Waals surface area contributed by atoms with E-state index in [4.69, 9.17) is 5.73 Å². The fraction of sp³-hybridized carbons (Fsp3) is 0.308. The van der Waals surface area contributed by atoms with Crippen LogP contribution in [0.15, 0.2) is 24.3 Å². The van der Waals surface area contributed by atoms with Crippen molar-refractivity contribution in [3.05, 3.63) is 40.3 Å². The Kier molecular flexibility index (Phi) is 3.33. The topological polar surface area (TPSA) is 42.2 Å². The van der Waals surface area contributed by atoms with Crippen LogP contribution in [0.25, 0.3) is 0 Å². The van der Waals surface area contributed by atoms with Gasteiger partial charge in [-0.15, -0.1) is 0 Å². The van der Waals surface area contributed by atoms with Crippen molar-refractivity contribution >= 4 is 22.3 Å². The summed E-state index contributed by atoms with van der Waals surface area (Å²) in [5.74, 6) is 0.653. The van der Waals surface area contributed by atoms with E-state index in [-0.39, 0.29) is 0 Å². The van der Waals surface area contributed by atoms with Gasteiger partial charge in [0.05, 0.1) is 4.88 Å². The average molecular weight is 247 g/mol. The van der Waals surface area contributed by atoms with Gasteiger partial charge in [0.2, 0.25) is 0 Å². The van der Waals surface area contributed by atoms with Gasteiger partial charge in [0.1, 0.15) is 5.82 Å². The van der Waals surface area contributed by atoms with E-state index < -0.39 is 0 Å². The maximum Gasteiger partial charge on any atom is 0.187 e. The van der Waals surface area contributed by atoms with Crippen molar-refractivity contribution < 1.29 is 0 Å². The number of hydrogen-bond donors (Lipinski definition) is 1. The Morgan fingerprint density at radius 1 is 1.35 bits per heavy atom. The Morgan fingerprint density at radius 2 is 2.12 bits per heavy atom. The van der Waals surface area contributed by atoms with Gasteiger partial charge in [-0.2, -0.15) is 0 Å². The molecule has 1 aromatic carbocycles. The van der Waals surface area contributed by atoms with Gasteiger partial charge in [0, 0.05) is 20.5 Å². The van der Waals surface area contributed by atoms with Crippen LogP contribution in [0.5, 0.6) is 0 Å². The van der Waals surface area contributed by atoms with Crippen LogP contribution >= 0.6 is 11.3 Å². The molecule has 2 N–H and O–H groups in total. The first-order valence-corrected chi connectivity index (χ1v) is 6.36. The number of nitrogens with zero attached hydrogens (tertiary/aromatic N) is 2. The van der Waals surface area contributed by atoms with E-state index >= 15 is 0 Å². The summed E-state index contributed by atoms with van der Waals surface area (Å²) < 4.78 is 0. The van der Waals surface area contributed by atoms with Crippen molar-refractivity contribution in [2.45, 2.75) is 13.3 Å². The second-order valence-electron chi connectivity index (χ2n) is 4.37. The molecule has 0 radical (unpaired) electrons. The summed E-state index contributed by atoms with van der Waals surface area (Å²) in [6, 6.07) is 8.50. The quantitative estimate of drug-likeness (QED) is 0.906. The molecule has 3 nitrogen and oxygen atoms in total. The van der Waals surface area contributed by atoms with Crippen LogP contribution in [-0.2, 0) is 6.42 Å². The first kappa shape index (κ1) is 11.9. The number of aromatic nitrogens is 1. The largest absolute Gasteiger partial charge is 0.383 e. The van der Waals surface area contributed by atoms with Gasteiger partial charge in [-0.3, -0.25) is 0 Å². The lowest BCUT2D eigenvalue weighted by Gasteiger charge is -2.05. The molecule has 0 unspecified atom stereocenters. The van der Waals surface area contributed by atoms with Gasteiger partial charge in [0.25, 0.3) is 0 Å². The molecular weight excluding hydrogens is 230 g/mol. The average Bonchev–Trinajstić information content (AvgIpc) is 2.61. The number of anilines is 2. The Balaban J connectivity index is 2.24. The molecule has 2 rings (SSSR count). The summed E-state index contributed by atoms with van der Waals surface area (Å²) in [7, 11) is 3.96. The number of rotatable bonds is 3.